The van der Waals surface area contributed by atoms with Gasteiger partial charge in [0.1, 0.15) is 6.54 Å². The monoisotopic (exact) mass is 384 g/mol. The summed E-state index contributed by atoms with van der Waals surface area (Å²) < 4.78 is 6.85. The summed E-state index contributed by atoms with van der Waals surface area (Å²) in [6, 6.07) is 9.67. The number of rotatable bonds is 7. The van der Waals surface area contributed by atoms with Crippen molar-refractivity contribution in [1.29, 1.82) is 0 Å². The molecule has 3 rings (SSSR count). The zero-order chi connectivity index (χ0) is 19.9. The van der Waals surface area contributed by atoms with E-state index in [0.717, 1.165) is 30.6 Å². The number of unbranched alkanes of at least 4 members (excludes halogenated alkanes) is 1. The third kappa shape index (κ3) is 5.19. The highest BCUT2D eigenvalue weighted by Crippen LogP contribution is 2.13. The Balaban J connectivity index is 1.58. The van der Waals surface area contributed by atoms with E-state index in [1.807, 2.05) is 31.2 Å². The average molecular weight is 384 g/mol. The number of ether oxygens (including phenoxy) is 1. The van der Waals surface area contributed by atoms with Crippen LogP contribution in [-0.4, -0.2) is 52.8 Å². The van der Waals surface area contributed by atoms with Crippen LogP contribution in [-0.2, 0) is 22.5 Å². The topological polar surface area (TPSA) is 76.5 Å². The fraction of sp³-hybridized carbons (Fsp3) is 0.476. The van der Waals surface area contributed by atoms with Gasteiger partial charge in [0.15, 0.2) is 5.69 Å². The zero-order valence-electron chi connectivity index (χ0n) is 16.6. The Morgan fingerprint density at radius 2 is 1.89 bits per heavy atom. The van der Waals surface area contributed by atoms with Crippen molar-refractivity contribution in [3.05, 3.63) is 47.3 Å². The van der Waals surface area contributed by atoms with Gasteiger partial charge < -0.3 is 15.0 Å². The van der Waals surface area contributed by atoms with Gasteiger partial charge in [0, 0.05) is 24.5 Å². The van der Waals surface area contributed by atoms with Crippen molar-refractivity contribution in [2.24, 2.45) is 0 Å². The normalized spacial score (nSPS) is 14.1. The van der Waals surface area contributed by atoms with E-state index < -0.39 is 0 Å². The smallest absolute Gasteiger partial charge is 0.274 e. The number of anilines is 1. The molecule has 0 atom stereocenters. The highest BCUT2D eigenvalue weighted by molar-refractivity contribution is 5.93. The third-order valence-electron chi connectivity index (χ3n) is 4.85. The zero-order valence-corrected chi connectivity index (χ0v) is 16.6. The van der Waals surface area contributed by atoms with Crippen LogP contribution in [0.1, 0.15) is 41.5 Å². The van der Waals surface area contributed by atoms with Gasteiger partial charge in [-0.1, -0.05) is 25.5 Å². The minimum Gasteiger partial charge on any atom is -0.378 e. The second-order valence-corrected chi connectivity index (χ2v) is 7.08. The van der Waals surface area contributed by atoms with E-state index in [4.69, 9.17) is 4.74 Å². The summed E-state index contributed by atoms with van der Waals surface area (Å²) in [6.45, 7) is 6.32. The number of carbonyl (C=O) groups excluding carboxylic acids is 2. The Morgan fingerprint density at radius 3 is 2.57 bits per heavy atom. The Morgan fingerprint density at radius 1 is 1.18 bits per heavy atom. The van der Waals surface area contributed by atoms with E-state index in [2.05, 4.69) is 17.3 Å². The minimum atomic E-state index is -0.169. The molecule has 1 aromatic heterocycles. The van der Waals surface area contributed by atoms with Crippen LogP contribution in [0, 0.1) is 6.92 Å². The highest BCUT2D eigenvalue weighted by Gasteiger charge is 2.22. The quantitative estimate of drug-likeness (QED) is 0.796. The molecule has 0 aliphatic carbocycles. The molecular weight excluding hydrogens is 356 g/mol. The van der Waals surface area contributed by atoms with Crippen molar-refractivity contribution < 1.29 is 14.3 Å². The highest BCUT2D eigenvalue weighted by atomic mass is 16.5. The maximum absolute atomic E-state index is 12.5. The molecular formula is C21H28N4O3. The van der Waals surface area contributed by atoms with E-state index >= 15 is 0 Å². The summed E-state index contributed by atoms with van der Waals surface area (Å²) in [5.41, 5.74) is 3.18. The van der Waals surface area contributed by atoms with Gasteiger partial charge in [-0.25, -0.2) is 0 Å². The van der Waals surface area contributed by atoms with Gasteiger partial charge >= 0.3 is 0 Å². The van der Waals surface area contributed by atoms with Crippen molar-refractivity contribution >= 4 is 17.5 Å². The first-order chi connectivity index (χ1) is 13.6. The van der Waals surface area contributed by atoms with Crippen molar-refractivity contribution in [3.63, 3.8) is 0 Å². The van der Waals surface area contributed by atoms with E-state index in [1.54, 1.807) is 15.6 Å². The van der Waals surface area contributed by atoms with Gasteiger partial charge in [0.25, 0.3) is 5.91 Å². The maximum atomic E-state index is 12.5. The molecule has 1 N–H and O–H groups in total. The molecule has 0 spiro atoms. The number of hydrogen-bond donors (Lipinski definition) is 1. The van der Waals surface area contributed by atoms with Crippen LogP contribution in [0.2, 0.25) is 0 Å². The van der Waals surface area contributed by atoms with E-state index in [9.17, 15) is 9.59 Å². The van der Waals surface area contributed by atoms with Crippen LogP contribution in [0.3, 0.4) is 0 Å². The molecule has 1 aromatic carbocycles. The second kappa shape index (κ2) is 9.50. The average Bonchev–Trinajstić information content (AvgIpc) is 3.07. The summed E-state index contributed by atoms with van der Waals surface area (Å²) in [5, 5.41) is 7.23. The van der Waals surface area contributed by atoms with Gasteiger partial charge in [0.2, 0.25) is 5.91 Å². The summed E-state index contributed by atoms with van der Waals surface area (Å²) in [7, 11) is 0. The van der Waals surface area contributed by atoms with Crippen LogP contribution in [0.5, 0.6) is 0 Å². The van der Waals surface area contributed by atoms with Crippen LogP contribution in [0.25, 0.3) is 0 Å². The molecule has 2 heterocycles. The van der Waals surface area contributed by atoms with Crippen LogP contribution >= 0.6 is 0 Å². The number of amides is 2. The number of aryl methyl sites for hydroxylation is 2. The Bertz CT molecular complexity index is 808. The molecule has 7 heteroatoms. The fourth-order valence-corrected chi connectivity index (χ4v) is 3.18. The number of aromatic nitrogens is 2. The summed E-state index contributed by atoms with van der Waals surface area (Å²) in [5.74, 6) is -0.286. The van der Waals surface area contributed by atoms with Crippen molar-refractivity contribution in [3.8, 4) is 0 Å². The van der Waals surface area contributed by atoms with Gasteiger partial charge in [-0.15, -0.1) is 0 Å². The van der Waals surface area contributed by atoms with Gasteiger partial charge in [0.05, 0.1) is 13.2 Å². The minimum absolute atomic E-state index is 0.0693. The first kappa shape index (κ1) is 20.1. The molecule has 0 radical (unpaired) electrons. The van der Waals surface area contributed by atoms with Crippen molar-refractivity contribution in [2.45, 2.75) is 39.7 Å². The number of benzene rings is 1. The number of nitrogens with one attached hydrogen (secondary N) is 1. The number of nitrogens with zero attached hydrogens (tertiary/aromatic N) is 3. The van der Waals surface area contributed by atoms with E-state index in [-0.39, 0.29) is 18.4 Å². The van der Waals surface area contributed by atoms with E-state index in [0.29, 0.717) is 32.0 Å². The molecule has 150 valence electrons. The molecule has 1 saturated heterocycles. The Labute approximate surface area is 165 Å². The molecule has 2 aromatic rings. The Hall–Kier alpha value is -2.67. The molecule has 2 amide bonds. The molecule has 1 aliphatic heterocycles. The molecule has 1 fully saturated rings. The lowest BCUT2D eigenvalue weighted by molar-refractivity contribution is -0.116. The van der Waals surface area contributed by atoms with Gasteiger partial charge in [-0.3, -0.25) is 14.3 Å². The molecule has 0 unspecified atom stereocenters. The standard InChI is InChI=1S/C21H28N4O3/c1-3-4-5-17-6-8-18(9-7-17)22-20(26)15-25-16(2)14-19(23-25)21(27)24-10-12-28-13-11-24/h6-9,14H,3-5,10-13,15H2,1-2H3,(H,22,26). The summed E-state index contributed by atoms with van der Waals surface area (Å²) in [6.07, 6.45) is 3.38. The number of morpholine rings is 1. The molecule has 0 bridgehead atoms. The molecule has 0 saturated carbocycles. The lowest BCUT2D eigenvalue weighted by Crippen LogP contribution is -2.40. The van der Waals surface area contributed by atoms with Crippen LogP contribution in [0.4, 0.5) is 5.69 Å². The first-order valence-corrected chi connectivity index (χ1v) is 9.87. The molecule has 1 aliphatic rings. The van der Waals surface area contributed by atoms with Gasteiger partial charge in [-0.05, 0) is 43.5 Å². The second-order valence-electron chi connectivity index (χ2n) is 7.08. The molecule has 7 nitrogen and oxygen atoms in total. The van der Waals surface area contributed by atoms with Crippen molar-refractivity contribution in [1.82, 2.24) is 14.7 Å². The van der Waals surface area contributed by atoms with Crippen LogP contribution in [0.15, 0.2) is 30.3 Å². The number of hydrogen-bond acceptors (Lipinski definition) is 4. The van der Waals surface area contributed by atoms with Crippen LogP contribution < -0.4 is 5.32 Å². The fourth-order valence-electron chi connectivity index (χ4n) is 3.18. The first-order valence-electron chi connectivity index (χ1n) is 9.87. The lowest BCUT2D eigenvalue weighted by Gasteiger charge is -2.25. The Kier molecular flexibility index (Phi) is 6.81. The van der Waals surface area contributed by atoms with Crippen molar-refractivity contribution in [2.75, 3.05) is 31.6 Å². The predicted octanol–water partition coefficient (Wildman–Crippen LogP) is 2.65. The largest absolute Gasteiger partial charge is 0.378 e. The molecule has 28 heavy (non-hydrogen) atoms. The van der Waals surface area contributed by atoms with E-state index in [1.165, 1.54) is 5.56 Å². The SMILES string of the molecule is CCCCc1ccc(NC(=O)Cn2nc(C(=O)N3CCOCC3)cc2C)cc1. The summed E-state index contributed by atoms with van der Waals surface area (Å²) >= 11 is 0. The maximum Gasteiger partial charge on any atom is 0.274 e. The lowest BCUT2D eigenvalue weighted by atomic mass is 10.1. The predicted molar refractivity (Wildman–Crippen MR) is 107 cm³/mol. The third-order valence-corrected chi connectivity index (χ3v) is 4.85. The summed E-state index contributed by atoms with van der Waals surface area (Å²) in [4.78, 5) is 26.7. The van der Waals surface area contributed by atoms with Gasteiger partial charge in [-0.2, -0.15) is 5.10 Å². The number of carbonyl (C=O) groups is 2.